The van der Waals surface area contributed by atoms with E-state index in [1.165, 1.54) is 0 Å². The molecular weight excluding hydrogens is 242 g/mol. The number of amides is 2. The maximum atomic E-state index is 12.4. The van der Waals surface area contributed by atoms with E-state index in [9.17, 15) is 9.59 Å². The van der Waals surface area contributed by atoms with Crippen LogP contribution >= 0.6 is 0 Å². The Morgan fingerprint density at radius 1 is 1.26 bits per heavy atom. The lowest BCUT2D eigenvalue weighted by molar-refractivity contribution is -0.117. The SMILES string of the molecule is C[C@H](N)C(=O)Nc1ccccc1C(=O)N1CCCC1. The Morgan fingerprint density at radius 3 is 2.53 bits per heavy atom. The molecule has 0 radical (unpaired) electrons. The van der Waals surface area contributed by atoms with E-state index in [0.29, 0.717) is 11.3 Å². The molecule has 1 saturated heterocycles. The first-order chi connectivity index (χ1) is 9.09. The van der Waals surface area contributed by atoms with Crippen LogP contribution in [0.2, 0.25) is 0 Å². The summed E-state index contributed by atoms with van der Waals surface area (Å²) < 4.78 is 0. The zero-order valence-corrected chi connectivity index (χ0v) is 11.1. The van der Waals surface area contributed by atoms with Crippen LogP contribution < -0.4 is 11.1 Å². The zero-order valence-electron chi connectivity index (χ0n) is 11.1. The van der Waals surface area contributed by atoms with Gasteiger partial charge in [-0.1, -0.05) is 12.1 Å². The van der Waals surface area contributed by atoms with Gasteiger partial charge in [-0.25, -0.2) is 0 Å². The fourth-order valence-corrected chi connectivity index (χ4v) is 2.12. The van der Waals surface area contributed by atoms with Gasteiger partial charge in [0.05, 0.1) is 17.3 Å². The van der Waals surface area contributed by atoms with Crippen molar-refractivity contribution in [1.82, 2.24) is 4.90 Å². The molecule has 0 aromatic heterocycles. The minimum Gasteiger partial charge on any atom is -0.339 e. The molecule has 2 rings (SSSR count). The van der Waals surface area contributed by atoms with Gasteiger partial charge in [0.25, 0.3) is 5.91 Å². The Kier molecular flexibility index (Phi) is 4.16. The number of rotatable bonds is 3. The van der Waals surface area contributed by atoms with Gasteiger partial charge in [-0.15, -0.1) is 0 Å². The van der Waals surface area contributed by atoms with Gasteiger partial charge >= 0.3 is 0 Å². The van der Waals surface area contributed by atoms with Crippen molar-refractivity contribution in [3.05, 3.63) is 29.8 Å². The van der Waals surface area contributed by atoms with Crippen molar-refractivity contribution in [2.75, 3.05) is 18.4 Å². The van der Waals surface area contributed by atoms with E-state index in [1.54, 1.807) is 31.2 Å². The first kappa shape index (κ1) is 13.5. The fourth-order valence-electron chi connectivity index (χ4n) is 2.12. The molecule has 0 saturated carbocycles. The number of nitrogens with one attached hydrogen (secondary N) is 1. The summed E-state index contributed by atoms with van der Waals surface area (Å²) in [6.45, 7) is 3.18. The Balaban J connectivity index is 2.20. The number of para-hydroxylation sites is 1. The van der Waals surface area contributed by atoms with Crippen LogP contribution in [0.3, 0.4) is 0 Å². The van der Waals surface area contributed by atoms with Gasteiger partial charge < -0.3 is 16.0 Å². The van der Waals surface area contributed by atoms with E-state index in [0.717, 1.165) is 25.9 Å². The van der Waals surface area contributed by atoms with Crippen molar-refractivity contribution >= 4 is 17.5 Å². The van der Waals surface area contributed by atoms with Gasteiger partial charge in [-0.05, 0) is 31.9 Å². The Hall–Kier alpha value is -1.88. The third-order valence-corrected chi connectivity index (χ3v) is 3.22. The lowest BCUT2D eigenvalue weighted by Gasteiger charge is -2.18. The number of carbonyl (C=O) groups is 2. The number of hydrogen-bond acceptors (Lipinski definition) is 3. The summed E-state index contributed by atoms with van der Waals surface area (Å²) in [4.78, 5) is 25.8. The standard InChI is InChI=1S/C14H19N3O2/c1-10(15)13(18)16-12-7-3-2-6-11(12)14(19)17-8-4-5-9-17/h2-3,6-7,10H,4-5,8-9,15H2,1H3,(H,16,18)/t10-/m0/s1. The van der Waals surface area contributed by atoms with Gasteiger partial charge in [0.1, 0.15) is 0 Å². The topological polar surface area (TPSA) is 75.4 Å². The van der Waals surface area contributed by atoms with Gasteiger partial charge in [0.2, 0.25) is 5.91 Å². The second-order valence-corrected chi connectivity index (χ2v) is 4.82. The molecule has 1 heterocycles. The summed E-state index contributed by atoms with van der Waals surface area (Å²) in [7, 11) is 0. The second-order valence-electron chi connectivity index (χ2n) is 4.82. The highest BCUT2D eigenvalue weighted by atomic mass is 16.2. The molecular formula is C14H19N3O2. The maximum absolute atomic E-state index is 12.4. The van der Waals surface area contributed by atoms with Gasteiger partial charge in [0, 0.05) is 13.1 Å². The molecule has 5 nitrogen and oxygen atoms in total. The summed E-state index contributed by atoms with van der Waals surface area (Å²) in [6, 6.07) is 6.44. The lowest BCUT2D eigenvalue weighted by atomic mass is 10.1. The second kappa shape index (κ2) is 5.84. The molecule has 0 unspecified atom stereocenters. The maximum Gasteiger partial charge on any atom is 0.255 e. The molecule has 5 heteroatoms. The van der Waals surface area contributed by atoms with Crippen LogP contribution in [-0.2, 0) is 4.79 Å². The lowest BCUT2D eigenvalue weighted by Crippen LogP contribution is -2.34. The van der Waals surface area contributed by atoms with Crippen LogP contribution in [-0.4, -0.2) is 35.8 Å². The Labute approximate surface area is 112 Å². The van der Waals surface area contributed by atoms with Gasteiger partial charge in [-0.3, -0.25) is 9.59 Å². The highest BCUT2D eigenvalue weighted by molar-refractivity contribution is 6.04. The third kappa shape index (κ3) is 3.12. The monoisotopic (exact) mass is 261 g/mol. The van der Waals surface area contributed by atoms with E-state index in [1.807, 2.05) is 4.90 Å². The fraction of sp³-hybridized carbons (Fsp3) is 0.429. The summed E-state index contributed by atoms with van der Waals surface area (Å²) in [6.07, 6.45) is 2.08. The van der Waals surface area contributed by atoms with E-state index in [2.05, 4.69) is 5.32 Å². The van der Waals surface area contributed by atoms with Crippen LogP contribution in [0.15, 0.2) is 24.3 Å². The molecule has 1 aliphatic heterocycles. The molecule has 2 amide bonds. The van der Waals surface area contributed by atoms with Crippen LogP contribution in [0, 0.1) is 0 Å². The molecule has 0 bridgehead atoms. The predicted molar refractivity (Wildman–Crippen MR) is 73.9 cm³/mol. The molecule has 1 aromatic carbocycles. The molecule has 0 spiro atoms. The summed E-state index contributed by atoms with van der Waals surface area (Å²) in [5.74, 6) is -0.320. The molecule has 19 heavy (non-hydrogen) atoms. The van der Waals surface area contributed by atoms with Crippen molar-refractivity contribution in [1.29, 1.82) is 0 Å². The quantitative estimate of drug-likeness (QED) is 0.858. The number of nitrogens with zero attached hydrogens (tertiary/aromatic N) is 1. The van der Waals surface area contributed by atoms with Crippen molar-refractivity contribution in [2.24, 2.45) is 5.73 Å². The summed E-state index contributed by atoms with van der Waals surface area (Å²) in [5.41, 5.74) is 6.58. The third-order valence-electron chi connectivity index (χ3n) is 3.22. The van der Waals surface area contributed by atoms with Crippen molar-refractivity contribution < 1.29 is 9.59 Å². The minimum absolute atomic E-state index is 0.0296. The molecule has 1 fully saturated rings. The van der Waals surface area contributed by atoms with Crippen LogP contribution in [0.5, 0.6) is 0 Å². The molecule has 102 valence electrons. The Bertz CT molecular complexity index is 479. The summed E-state index contributed by atoms with van der Waals surface area (Å²) >= 11 is 0. The smallest absolute Gasteiger partial charge is 0.255 e. The number of anilines is 1. The largest absolute Gasteiger partial charge is 0.339 e. The number of carbonyl (C=O) groups excluding carboxylic acids is 2. The highest BCUT2D eigenvalue weighted by Crippen LogP contribution is 2.20. The van der Waals surface area contributed by atoms with E-state index in [-0.39, 0.29) is 11.8 Å². The average molecular weight is 261 g/mol. The molecule has 1 aliphatic rings. The molecule has 1 aromatic rings. The first-order valence-corrected chi connectivity index (χ1v) is 6.54. The van der Waals surface area contributed by atoms with E-state index in [4.69, 9.17) is 5.73 Å². The zero-order chi connectivity index (χ0) is 13.8. The predicted octanol–water partition coefficient (Wildman–Crippen LogP) is 1.21. The normalized spacial score (nSPS) is 16.2. The number of nitrogens with two attached hydrogens (primary N) is 1. The Morgan fingerprint density at radius 2 is 1.89 bits per heavy atom. The van der Waals surface area contributed by atoms with E-state index >= 15 is 0 Å². The minimum atomic E-state index is -0.602. The van der Waals surface area contributed by atoms with Crippen molar-refractivity contribution in [3.8, 4) is 0 Å². The van der Waals surface area contributed by atoms with Crippen LogP contribution in [0.1, 0.15) is 30.1 Å². The number of benzene rings is 1. The van der Waals surface area contributed by atoms with Crippen molar-refractivity contribution in [2.45, 2.75) is 25.8 Å². The highest BCUT2D eigenvalue weighted by Gasteiger charge is 2.22. The number of likely N-dealkylation sites (tertiary alicyclic amines) is 1. The molecule has 0 aliphatic carbocycles. The van der Waals surface area contributed by atoms with Crippen LogP contribution in [0.25, 0.3) is 0 Å². The molecule has 1 atom stereocenters. The van der Waals surface area contributed by atoms with Gasteiger partial charge in [0.15, 0.2) is 0 Å². The van der Waals surface area contributed by atoms with Gasteiger partial charge in [-0.2, -0.15) is 0 Å². The van der Waals surface area contributed by atoms with Crippen LogP contribution in [0.4, 0.5) is 5.69 Å². The first-order valence-electron chi connectivity index (χ1n) is 6.54. The molecule has 3 N–H and O–H groups in total. The number of hydrogen-bond donors (Lipinski definition) is 2. The summed E-state index contributed by atoms with van der Waals surface area (Å²) in [5, 5.41) is 2.70. The van der Waals surface area contributed by atoms with E-state index < -0.39 is 6.04 Å². The van der Waals surface area contributed by atoms with Crippen molar-refractivity contribution in [3.63, 3.8) is 0 Å². The average Bonchev–Trinajstić information content (AvgIpc) is 2.92.